The van der Waals surface area contributed by atoms with E-state index in [-0.39, 0.29) is 17.4 Å². The van der Waals surface area contributed by atoms with Gasteiger partial charge in [0, 0.05) is 25.5 Å². The standard InChI is InChI=1S/C20H18FN5O2S/c1-29-19-23-9-6-16(24-19)18-17(12-22)25(15-7-10-28-11-8-15)20(27)26(18)14-4-2-13(21)3-5-14/h2-6,9,15H,7-8,10-11H2,1H3. The second-order valence-electron chi connectivity index (χ2n) is 6.55. The Labute approximate surface area is 170 Å². The number of thioether (sulfide) groups is 1. The zero-order chi connectivity index (χ0) is 20.4. The van der Waals surface area contributed by atoms with Crippen LogP contribution in [0.4, 0.5) is 4.39 Å². The lowest BCUT2D eigenvalue weighted by atomic mass is 10.1. The van der Waals surface area contributed by atoms with Crippen LogP contribution in [0.25, 0.3) is 17.1 Å². The molecule has 1 aromatic carbocycles. The third-order valence-corrected chi connectivity index (χ3v) is 5.45. The molecule has 0 aliphatic carbocycles. The summed E-state index contributed by atoms with van der Waals surface area (Å²) in [6, 6.07) is 9.34. The van der Waals surface area contributed by atoms with Gasteiger partial charge in [0.05, 0.1) is 11.4 Å². The van der Waals surface area contributed by atoms with Gasteiger partial charge < -0.3 is 4.74 Å². The number of benzene rings is 1. The molecular weight excluding hydrogens is 393 g/mol. The van der Waals surface area contributed by atoms with Crippen LogP contribution in [0.1, 0.15) is 24.6 Å². The summed E-state index contributed by atoms with van der Waals surface area (Å²) < 4.78 is 21.9. The maximum absolute atomic E-state index is 13.5. The van der Waals surface area contributed by atoms with E-state index in [9.17, 15) is 14.4 Å². The first-order chi connectivity index (χ1) is 14.1. The van der Waals surface area contributed by atoms with Gasteiger partial charge in [-0.15, -0.1) is 0 Å². The van der Waals surface area contributed by atoms with Crippen molar-refractivity contribution < 1.29 is 9.13 Å². The number of hydrogen-bond acceptors (Lipinski definition) is 6. The first-order valence-electron chi connectivity index (χ1n) is 9.12. The Morgan fingerprint density at radius 3 is 2.62 bits per heavy atom. The number of nitrogens with zero attached hydrogens (tertiary/aromatic N) is 5. The minimum Gasteiger partial charge on any atom is -0.381 e. The number of rotatable bonds is 4. The van der Waals surface area contributed by atoms with E-state index in [4.69, 9.17) is 4.74 Å². The molecule has 7 nitrogen and oxygen atoms in total. The second kappa shape index (κ2) is 8.19. The van der Waals surface area contributed by atoms with Gasteiger partial charge in [0.25, 0.3) is 0 Å². The van der Waals surface area contributed by atoms with Crippen LogP contribution in [0.15, 0.2) is 46.5 Å². The maximum atomic E-state index is 13.5. The minimum atomic E-state index is -0.403. The molecule has 2 aromatic heterocycles. The van der Waals surface area contributed by atoms with Gasteiger partial charge in [0.2, 0.25) is 0 Å². The molecule has 0 N–H and O–H groups in total. The van der Waals surface area contributed by atoms with Crippen LogP contribution in [-0.4, -0.2) is 38.6 Å². The fourth-order valence-electron chi connectivity index (χ4n) is 3.54. The number of hydrogen-bond donors (Lipinski definition) is 0. The normalized spacial score (nSPS) is 14.7. The molecule has 1 aliphatic heterocycles. The highest BCUT2D eigenvalue weighted by Gasteiger charge is 2.29. The van der Waals surface area contributed by atoms with E-state index < -0.39 is 5.82 Å². The number of imidazole rings is 1. The first kappa shape index (κ1) is 19.4. The molecule has 0 unspecified atom stereocenters. The molecule has 148 valence electrons. The minimum absolute atomic E-state index is 0.145. The Morgan fingerprint density at radius 2 is 1.97 bits per heavy atom. The molecule has 0 atom stereocenters. The van der Waals surface area contributed by atoms with Gasteiger partial charge in [-0.2, -0.15) is 5.26 Å². The fraction of sp³-hybridized carbons (Fsp3) is 0.300. The third kappa shape index (κ3) is 3.57. The van der Waals surface area contributed by atoms with Crippen LogP contribution in [0.3, 0.4) is 0 Å². The molecule has 1 aliphatic rings. The second-order valence-corrected chi connectivity index (χ2v) is 7.32. The number of halogens is 1. The molecule has 1 saturated heterocycles. The van der Waals surface area contributed by atoms with Gasteiger partial charge in [-0.25, -0.2) is 19.2 Å². The largest absolute Gasteiger partial charge is 0.381 e. The summed E-state index contributed by atoms with van der Waals surface area (Å²) in [4.78, 5) is 22.2. The van der Waals surface area contributed by atoms with E-state index in [2.05, 4.69) is 16.0 Å². The Morgan fingerprint density at radius 1 is 1.24 bits per heavy atom. The molecule has 29 heavy (non-hydrogen) atoms. The van der Waals surface area contributed by atoms with Crippen molar-refractivity contribution in [2.45, 2.75) is 24.0 Å². The summed E-state index contributed by atoms with van der Waals surface area (Å²) in [5, 5.41) is 10.5. The Bertz CT molecular complexity index is 1130. The highest BCUT2D eigenvalue weighted by Crippen LogP contribution is 2.30. The first-order valence-corrected chi connectivity index (χ1v) is 10.3. The van der Waals surface area contributed by atoms with Crippen molar-refractivity contribution in [3.63, 3.8) is 0 Å². The zero-order valence-corrected chi connectivity index (χ0v) is 16.5. The number of ether oxygens (including phenoxy) is 1. The smallest absolute Gasteiger partial charge is 0.334 e. The molecule has 0 spiro atoms. The van der Waals surface area contributed by atoms with Crippen molar-refractivity contribution in [1.82, 2.24) is 19.1 Å². The number of nitriles is 1. The molecule has 3 heterocycles. The summed E-state index contributed by atoms with van der Waals surface area (Å²) in [6.07, 6.45) is 4.73. The average Bonchev–Trinajstić information content (AvgIpc) is 3.07. The van der Waals surface area contributed by atoms with E-state index >= 15 is 0 Å². The van der Waals surface area contributed by atoms with Gasteiger partial charge in [-0.1, -0.05) is 11.8 Å². The van der Waals surface area contributed by atoms with Crippen LogP contribution < -0.4 is 5.69 Å². The van der Waals surface area contributed by atoms with Crippen molar-refractivity contribution >= 4 is 11.8 Å². The summed E-state index contributed by atoms with van der Waals surface area (Å²) in [5.41, 5.74) is 1.20. The van der Waals surface area contributed by atoms with Crippen LogP contribution in [-0.2, 0) is 4.74 Å². The Kier molecular flexibility index (Phi) is 5.47. The van der Waals surface area contributed by atoms with Crippen molar-refractivity contribution in [3.8, 4) is 23.1 Å². The maximum Gasteiger partial charge on any atom is 0.334 e. The Balaban J connectivity index is 2.02. The highest BCUT2D eigenvalue weighted by molar-refractivity contribution is 7.98. The highest BCUT2D eigenvalue weighted by atomic mass is 32.2. The van der Waals surface area contributed by atoms with Gasteiger partial charge >= 0.3 is 5.69 Å². The lowest BCUT2D eigenvalue weighted by Crippen LogP contribution is -2.31. The van der Waals surface area contributed by atoms with Crippen molar-refractivity contribution in [2.24, 2.45) is 0 Å². The molecule has 0 saturated carbocycles. The predicted molar refractivity (Wildman–Crippen MR) is 107 cm³/mol. The van der Waals surface area contributed by atoms with Gasteiger partial charge in [-0.05, 0) is 49.4 Å². The topological polar surface area (TPSA) is 85.7 Å². The number of aromatic nitrogens is 4. The average molecular weight is 411 g/mol. The summed E-state index contributed by atoms with van der Waals surface area (Å²) in [5.74, 6) is -0.403. The monoisotopic (exact) mass is 411 g/mol. The van der Waals surface area contributed by atoms with Crippen LogP contribution in [0, 0.1) is 17.1 Å². The van der Waals surface area contributed by atoms with Crippen LogP contribution >= 0.6 is 11.8 Å². The van der Waals surface area contributed by atoms with E-state index in [1.165, 1.54) is 45.2 Å². The molecule has 0 amide bonds. The van der Waals surface area contributed by atoms with Gasteiger partial charge in [-0.3, -0.25) is 9.13 Å². The van der Waals surface area contributed by atoms with Crippen LogP contribution in [0.5, 0.6) is 0 Å². The predicted octanol–water partition coefficient (Wildman–Crippen LogP) is 3.18. The van der Waals surface area contributed by atoms with E-state index in [1.54, 1.807) is 12.3 Å². The molecule has 0 bridgehead atoms. The van der Waals surface area contributed by atoms with E-state index in [0.29, 0.717) is 48.3 Å². The zero-order valence-electron chi connectivity index (χ0n) is 15.7. The van der Waals surface area contributed by atoms with E-state index in [1.807, 2.05) is 6.26 Å². The van der Waals surface area contributed by atoms with Crippen molar-refractivity contribution in [2.75, 3.05) is 19.5 Å². The lowest BCUT2D eigenvalue weighted by Gasteiger charge is -2.23. The summed E-state index contributed by atoms with van der Waals surface area (Å²) in [7, 11) is 0. The third-order valence-electron chi connectivity index (χ3n) is 4.89. The molecule has 1 fully saturated rings. The lowest BCUT2D eigenvalue weighted by molar-refractivity contribution is 0.0684. The van der Waals surface area contributed by atoms with E-state index in [0.717, 1.165) is 0 Å². The summed E-state index contributed by atoms with van der Waals surface area (Å²) >= 11 is 1.37. The van der Waals surface area contributed by atoms with Gasteiger partial charge in [0.15, 0.2) is 10.9 Å². The fourth-order valence-corrected chi connectivity index (χ4v) is 3.90. The molecule has 4 rings (SSSR count). The SMILES string of the molecule is CSc1nccc(-c2c(C#N)n(C3CCOCC3)c(=O)n2-c2ccc(F)cc2)n1. The molecule has 3 aromatic rings. The van der Waals surface area contributed by atoms with Crippen molar-refractivity contribution in [3.05, 3.63) is 58.5 Å². The molecule has 9 heteroatoms. The summed E-state index contributed by atoms with van der Waals surface area (Å²) in [6.45, 7) is 1.06. The van der Waals surface area contributed by atoms with Crippen LogP contribution in [0.2, 0.25) is 0 Å². The molecule has 0 radical (unpaired) electrons. The van der Waals surface area contributed by atoms with Crippen molar-refractivity contribution in [1.29, 1.82) is 5.26 Å². The van der Waals surface area contributed by atoms with Gasteiger partial charge in [0.1, 0.15) is 17.6 Å². The molecular formula is C20H18FN5O2S. The Hall–Kier alpha value is -2.96. The quantitative estimate of drug-likeness (QED) is 0.484.